The largest absolute Gasteiger partial charge is 0.478 e. The molecule has 20 heavy (non-hydrogen) atoms. The van der Waals surface area contributed by atoms with Crippen LogP contribution in [0.1, 0.15) is 37.0 Å². The lowest BCUT2D eigenvalue weighted by atomic mass is 9.92. The molecule has 0 aliphatic carbocycles. The normalized spacial score (nSPS) is 22.6. The van der Waals surface area contributed by atoms with E-state index in [0.717, 1.165) is 19.4 Å². The Morgan fingerprint density at radius 2 is 2.15 bits per heavy atom. The van der Waals surface area contributed by atoms with Crippen molar-refractivity contribution in [3.8, 4) is 0 Å². The molecular formula is C14H18N2O4. The van der Waals surface area contributed by atoms with Crippen molar-refractivity contribution in [2.75, 3.05) is 11.4 Å². The van der Waals surface area contributed by atoms with E-state index in [1.165, 1.54) is 18.2 Å². The standard InChI is InChI=1S/C14H18N2O4/c1-9-5-6-15(10(2)7-9)13-8-11(16(19)20)3-4-12(13)14(17)18/h3-4,8-10H,5-7H2,1-2H3,(H,17,18). The van der Waals surface area contributed by atoms with Crippen LogP contribution in [0.2, 0.25) is 0 Å². The van der Waals surface area contributed by atoms with Crippen molar-refractivity contribution in [3.05, 3.63) is 33.9 Å². The smallest absolute Gasteiger partial charge is 0.337 e. The van der Waals surface area contributed by atoms with Crippen LogP contribution in [0, 0.1) is 16.0 Å². The van der Waals surface area contributed by atoms with E-state index >= 15 is 0 Å². The molecule has 0 bridgehead atoms. The van der Waals surface area contributed by atoms with Gasteiger partial charge >= 0.3 is 5.97 Å². The Labute approximate surface area is 117 Å². The van der Waals surface area contributed by atoms with Gasteiger partial charge in [-0.05, 0) is 31.7 Å². The van der Waals surface area contributed by atoms with Crippen LogP contribution in [0.25, 0.3) is 0 Å². The molecule has 2 rings (SSSR count). The molecule has 6 heteroatoms. The average molecular weight is 278 g/mol. The molecule has 108 valence electrons. The van der Waals surface area contributed by atoms with Gasteiger partial charge in [0.2, 0.25) is 0 Å². The number of benzene rings is 1. The summed E-state index contributed by atoms with van der Waals surface area (Å²) in [6.45, 7) is 4.92. The number of carboxylic acids is 1. The summed E-state index contributed by atoms with van der Waals surface area (Å²) >= 11 is 0. The summed E-state index contributed by atoms with van der Waals surface area (Å²) in [6, 6.07) is 4.11. The number of carbonyl (C=O) groups is 1. The monoisotopic (exact) mass is 278 g/mol. The minimum atomic E-state index is -1.05. The number of nitro benzene ring substituents is 1. The fourth-order valence-electron chi connectivity index (χ4n) is 2.82. The molecule has 1 saturated heterocycles. The van der Waals surface area contributed by atoms with Gasteiger partial charge in [-0.25, -0.2) is 4.79 Å². The summed E-state index contributed by atoms with van der Waals surface area (Å²) in [5.74, 6) is -0.464. The maximum Gasteiger partial charge on any atom is 0.337 e. The fraction of sp³-hybridized carbons (Fsp3) is 0.500. The van der Waals surface area contributed by atoms with Crippen LogP contribution in [0.5, 0.6) is 0 Å². The van der Waals surface area contributed by atoms with Crippen LogP contribution in [-0.4, -0.2) is 28.6 Å². The first-order chi connectivity index (χ1) is 9.40. The van der Waals surface area contributed by atoms with Crippen molar-refractivity contribution in [1.82, 2.24) is 0 Å². The zero-order valence-electron chi connectivity index (χ0n) is 11.6. The lowest BCUT2D eigenvalue weighted by Crippen LogP contribution is -2.41. The van der Waals surface area contributed by atoms with Crippen molar-refractivity contribution in [3.63, 3.8) is 0 Å². The molecule has 1 aromatic carbocycles. The molecule has 1 fully saturated rings. The van der Waals surface area contributed by atoms with E-state index in [0.29, 0.717) is 11.6 Å². The molecule has 0 aromatic heterocycles. The SMILES string of the molecule is CC1CCN(c2cc([N+](=O)[O-])ccc2C(=O)O)C(C)C1. The minimum Gasteiger partial charge on any atom is -0.478 e. The van der Waals surface area contributed by atoms with Gasteiger partial charge in [-0.1, -0.05) is 6.92 Å². The van der Waals surface area contributed by atoms with Crippen LogP contribution < -0.4 is 4.90 Å². The molecule has 1 N–H and O–H groups in total. The van der Waals surface area contributed by atoms with Gasteiger partial charge in [-0.15, -0.1) is 0 Å². The van der Waals surface area contributed by atoms with Gasteiger partial charge in [0, 0.05) is 24.7 Å². The Morgan fingerprint density at radius 3 is 2.70 bits per heavy atom. The molecule has 1 heterocycles. The number of aromatic carboxylic acids is 1. The zero-order valence-corrected chi connectivity index (χ0v) is 11.6. The van der Waals surface area contributed by atoms with Gasteiger partial charge in [0.1, 0.15) is 0 Å². The van der Waals surface area contributed by atoms with Crippen LogP contribution in [0.4, 0.5) is 11.4 Å². The zero-order chi connectivity index (χ0) is 14.9. The average Bonchev–Trinajstić information content (AvgIpc) is 2.37. The van der Waals surface area contributed by atoms with Gasteiger partial charge in [-0.3, -0.25) is 10.1 Å². The fourth-order valence-corrected chi connectivity index (χ4v) is 2.82. The third kappa shape index (κ3) is 2.74. The molecular weight excluding hydrogens is 260 g/mol. The number of carboxylic acid groups (broad SMARTS) is 1. The summed E-state index contributed by atoms with van der Waals surface area (Å²) < 4.78 is 0. The molecule has 2 atom stereocenters. The Hall–Kier alpha value is -2.11. The van der Waals surface area contributed by atoms with E-state index in [2.05, 4.69) is 6.92 Å². The second kappa shape index (κ2) is 5.48. The number of anilines is 1. The summed E-state index contributed by atoms with van der Waals surface area (Å²) in [4.78, 5) is 23.7. The summed E-state index contributed by atoms with van der Waals surface area (Å²) in [7, 11) is 0. The first-order valence-electron chi connectivity index (χ1n) is 6.68. The molecule has 0 amide bonds. The van der Waals surface area contributed by atoms with Gasteiger partial charge < -0.3 is 10.0 Å². The highest BCUT2D eigenvalue weighted by Gasteiger charge is 2.27. The first kappa shape index (κ1) is 14.3. The summed E-state index contributed by atoms with van der Waals surface area (Å²) in [6.07, 6.45) is 1.92. The predicted molar refractivity (Wildman–Crippen MR) is 75.3 cm³/mol. The lowest BCUT2D eigenvalue weighted by molar-refractivity contribution is -0.384. The third-order valence-electron chi connectivity index (χ3n) is 3.87. The van der Waals surface area contributed by atoms with Gasteiger partial charge in [0.05, 0.1) is 16.2 Å². The number of rotatable bonds is 3. The quantitative estimate of drug-likeness (QED) is 0.679. The summed E-state index contributed by atoms with van der Waals surface area (Å²) in [5.41, 5.74) is 0.499. The van der Waals surface area contributed by atoms with Crippen LogP contribution >= 0.6 is 0 Å². The molecule has 0 saturated carbocycles. The van der Waals surface area contributed by atoms with Crippen molar-refractivity contribution >= 4 is 17.3 Å². The predicted octanol–water partition coefficient (Wildman–Crippen LogP) is 2.92. The Kier molecular flexibility index (Phi) is 3.92. The van der Waals surface area contributed by atoms with Crippen molar-refractivity contribution in [2.24, 2.45) is 5.92 Å². The number of hydrogen-bond acceptors (Lipinski definition) is 4. The summed E-state index contributed by atoms with van der Waals surface area (Å²) in [5, 5.41) is 20.2. The van der Waals surface area contributed by atoms with Crippen LogP contribution in [0.15, 0.2) is 18.2 Å². The van der Waals surface area contributed by atoms with E-state index in [1.54, 1.807) is 0 Å². The van der Waals surface area contributed by atoms with E-state index in [4.69, 9.17) is 0 Å². The minimum absolute atomic E-state index is 0.0733. The van der Waals surface area contributed by atoms with Crippen molar-refractivity contribution in [2.45, 2.75) is 32.7 Å². The molecule has 1 aliphatic heterocycles. The maximum atomic E-state index is 11.3. The Morgan fingerprint density at radius 1 is 1.45 bits per heavy atom. The van der Waals surface area contributed by atoms with Gasteiger partial charge in [0.25, 0.3) is 5.69 Å². The lowest BCUT2D eigenvalue weighted by Gasteiger charge is -2.38. The second-order valence-corrected chi connectivity index (χ2v) is 5.44. The molecule has 1 aliphatic rings. The number of nitro groups is 1. The highest BCUT2D eigenvalue weighted by Crippen LogP contribution is 2.32. The number of non-ortho nitro benzene ring substituents is 1. The first-order valence-corrected chi connectivity index (χ1v) is 6.68. The third-order valence-corrected chi connectivity index (χ3v) is 3.87. The van der Waals surface area contributed by atoms with E-state index in [-0.39, 0.29) is 17.3 Å². The number of piperidine rings is 1. The Bertz CT molecular complexity index is 544. The van der Waals surface area contributed by atoms with E-state index < -0.39 is 10.9 Å². The molecule has 2 unspecified atom stereocenters. The van der Waals surface area contributed by atoms with Crippen LogP contribution in [-0.2, 0) is 0 Å². The highest BCUT2D eigenvalue weighted by molar-refractivity contribution is 5.95. The highest BCUT2D eigenvalue weighted by atomic mass is 16.6. The molecule has 6 nitrogen and oxygen atoms in total. The van der Waals surface area contributed by atoms with Gasteiger partial charge in [0.15, 0.2) is 0 Å². The van der Waals surface area contributed by atoms with Crippen LogP contribution in [0.3, 0.4) is 0 Å². The number of nitrogens with zero attached hydrogens (tertiary/aromatic N) is 2. The topological polar surface area (TPSA) is 83.7 Å². The van der Waals surface area contributed by atoms with Crippen molar-refractivity contribution < 1.29 is 14.8 Å². The molecule has 0 radical (unpaired) electrons. The van der Waals surface area contributed by atoms with Crippen molar-refractivity contribution in [1.29, 1.82) is 0 Å². The number of hydrogen-bond donors (Lipinski definition) is 1. The van der Waals surface area contributed by atoms with E-state index in [9.17, 15) is 20.0 Å². The van der Waals surface area contributed by atoms with Gasteiger partial charge in [-0.2, -0.15) is 0 Å². The van der Waals surface area contributed by atoms with E-state index in [1.807, 2.05) is 11.8 Å². The Balaban J connectivity index is 2.44. The molecule has 1 aromatic rings. The maximum absolute atomic E-state index is 11.3. The molecule has 0 spiro atoms. The second-order valence-electron chi connectivity index (χ2n) is 5.44.